The zero-order chi connectivity index (χ0) is 22.2. The van der Waals surface area contributed by atoms with Crippen molar-refractivity contribution in [3.63, 3.8) is 0 Å². The maximum Gasteiger partial charge on any atom is 0.415 e. The number of piperazine rings is 1. The maximum absolute atomic E-state index is 12.5. The van der Waals surface area contributed by atoms with Gasteiger partial charge in [-0.2, -0.15) is 0 Å². The summed E-state index contributed by atoms with van der Waals surface area (Å²) >= 11 is 0. The first-order valence-electron chi connectivity index (χ1n) is 11.7. The highest BCUT2D eigenvalue weighted by molar-refractivity contribution is 5.92. The first-order valence-corrected chi connectivity index (χ1v) is 11.7. The van der Waals surface area contributed by atoms with Crippen LogP contribution in [0.5, 0.6) is 5.75 Å². The first kappa shape index (κ1) is 22.3. The lowest BCUT2D eigenvalue weighted by Gasteiger charge is -2.33. The van der Waals surface area contributed by atoms with Crippen molar-refractivity contribution >= 4 is 17.7 Å². The summed E-state index contributed by atoms with van der Waals surface area (Å²) in [6.07, 6.45) is 7.83. The van der Waals surface area contributed by atoms with Gasteiger partial charge >= 0.3 is 6.09 Å². The Balaban J connectivity index is 1.19. The van der Waals surface area contributed by atoms with Crippen LogP contribution in [-0.2, 0) is 11.2 Å². The van der Waals surface area contributed by atoms with Gasteiger partial charge in [-0.05, 0) is 49.2 Å². The molecule has 0 radical (unpaired) electrons. The van der Waals surface area contributed by atoms with Gasteiger partial charge < -0.3 is 15.0 Å². The van der Waals surface area contributed by atoms with Gasteiger partial charge in [0, 0.05) is 62.6 Å². The van der Waals surface area contributed by atoms with E-state index in [4.69, 9.17) is 4.74 Å². The highest BCUT2D eigenvalue weighted by Crippen LogP contribution is 2.25. The van der Waals surface area contributed by atoms with Gasteiger partial charge in [0.25, 0.3) is 0 Å². The predicted molar refractivity (Wildman–Crippen MR) is 124 cm³/mol. The predicted octanol–water partition coefficient (Wildman–Crippen LogP) is 3.96. The molecule has 4 rings (SSSR count). The van der Waals surface area contributed by atoms with Gasteiger partial charge in [0.2, 0.25) is 5.91 Å². The molecular weight excluding hydrogens is 404 g/mol. The van der Waals surface area contributed by atoms with Crippen LogP contribution in [0.25, 0.3) is 0 Å². The van der Waals surface area contributed by atoms with E-state index < -0.39 is 0 Å². The van der Waals surface area contributed by atoms with Crippen molar-refractivity contribution in [2.75, 3.05) is 38.0 Å². The van der Waals surface area contributed by atoms with Crippen LogP contribution >= 0.6 is 0 Å². The Labute approximate surface area is 189 Å². The second-order valence-corrected chi connectivity index (χ2v) is 8.62. The largest absolute Gasteiger partial charge is 0.415 e. The number of hydrogen-bond donors (Lipinski definition) is 1. The van der Waals surface area contributed by atoms with Crippen LogP contribution < -0.4 is 10.1 Å². The summed E-state index contributed by atoms with van der Waals surface area (Å²) < 4.78 is 5.54. The number of pyridine rings is 1. The summed E-state index contributed by atoms with van der Waals surface area (Å²) in [5.74, 6) is 0.697. The van der Waals surface area contributed by atoms with Crippen LogP contribution in [0.2, 0.25) is 0 Å². The number of ether oxygens (including phenoxy) is 1. The van der Waals surface area contributed by atoms with Gasteiger partial charge in [0.05, 0.1) is 0 Å². The Bertz CT molecular complexity index is 874. The molecule has 1 aliphatic heterocycles. The van der Waals surface area contributed by atoms with Crippen molar-refractivity contribution in [3.8, 4) is 5.75 Å². The second kappa shape index (κ2) is 11.1. The van der Waals surface area contributed by atoms with E-state index in [1.165, 1.54) is 6.42 Å². The summed E-state index contributed by atoms with van der Waals surface area (Å²) in [6, 6.07) is 13.0. The molecule has 1 saturated heterocycles. The SMILES string of the molecule is O=C(Nc1ccc(OC(=O)N2CCN(CCc3ccccn3)CC2)cc1)C1CCCCC1. The number of anilines is 1. The van der Waals surface area contributed by atoms with Crippen molar-refractivity contribution in [2.45, 2.75) is 38.5 Å². The second-order valence-electron chi connectivity index (χ2n) is 8.62. The Kier molecular flexibility index (Phi) is 7.72. The van der Waals surface area contributed by atoms with Crippen LogP contribution in [0.15, 0.2) is 48.7 Å². The number of benzene rings is 1. The van der Waals surface area contributed by atoms with E-state index in [0.29, 0.717) is 18.8 Å². The first-order chi connectivity index (χ1) is 15.7. The molecule has 2 amide bonds. The third-order valence-electron chi connectivity index (χ3n) is 6.34. The quantitative estimate of drug-likeness (QED) is 0.742. The molecule has 7 nitrogen and oxygen atoms in total. The molecule has 1 aromatic heterocycles. The fourth-order valence-electron chi connectivity index (χ4n) is 4.35. The number of aromatic nitrogens is 1. The minimum atomic E-state index is -0.326. The van der Waals surface area contributed by atoms with Gasteiger partial charge in [0.1, 0.15) is 5.75 Å². The number of carbonyl (C=O) groups excluding carboxylic acids is 2. The van der Waals surface area contributed by atoms with Crippen molar-refractivity contribution in [2.24, 2.45) is 5.92 Å². The number of hydrogen-bond acceptors (Lipinski definition) is 5. The van der Waals surface area contributed by atoms with E-state index in [1.807, 2.05) is 24.4 Å². The summed E-state index contributed by atoms with van der Waals surface area (Å²) in [4.78, 5) is 33.4. The monoisotopic (exact) mass is 436 g/mol. The van der Waals surface area contributed by atoms with E-state index in [2.05, 4.69) is 15.2 Å². The van der Waals surface area contributed by atoms with Crippen molar-refractivity contribution < 1.29 is 14.3 Å². The third-order valence-corrected chi connectivity index (χ3v) is 6.34. The Hall–Kier alpha value is -2.93. The normalized spacial score (nSPS) is 17.7. The van der Waals surface area contributed by atoms with E-state index >= 15 is 0 Å². The lowest BCUT2D eigenvalue weighted by atomic mass is 9.88. The molecule has 1 N–H and O–H groups in total. The number of carbonyl (C=O) groups is 2. The fourth-order valence-corrected chi connectivity index (χ4v) is 4.35. The lowest BCUT2D eigenvalue weighted by molar-refractivity contribution is -0.120. The van der Waals surface area contributed by atoms with Crippen molar-refractivity contribution in [1.29, 1.82) is 0 Å². The topological polar surface area (TPSA) is 74.8 Å². The van der Waals surface area contributed by atoms with Gasteiger partial charge in [-0.15, -0.1) is 0 Å². The van der Waals surface area contributed by atoms with Crippen LogP contribution in [0.3, 0.4) is 0 Å². The third kappa shape index (κ3) is 6.29. The van der Waals surface area contributed by atoms with Gasteiger partial charge in [-0.1, -0.05) is 25.3 Å². The number of nitrogens with one attached hydrogen (secondary N) is 1. The number of amides is 2. The molecule has 2 fully saturated rings. The average molecular weight is 437 g/mol. The fraction of sp³-hybridized carbons (Fsp3) is 0.480. The van der Waals surface area contributed by atoms with Gasteiger partial charge in [-0.3, -0.25) is 14.7 Å². The Morgan fingerprint density at radius 3 is 2.41 bits per heavy atom. The molecule has 170 valence electrons. The molecule has 2 aromatic rings. The minimum Gasteiger partial charge on any atom is -0.410 e. The molecule has 1 aliphatic carbocycles. The van der Waals surface area contributed by atoms with Crippen LogP contribution in [-0.4, -0.2) is 59.5 Å². The van der Waals surface area contributed by atoms with Gasteiger partial charge in [0.15, 0.2) is 0 Å². The maximum atomic E-state index is 12.5. The molecule has 0 bridgehead atoms. The number of rotatable bonds is 6. The molecule has 7 heteroatoms. The summed E-state index contributed by atoms with van der Waals surface area (Å²) in [6.45, 7) is 3.89. The molecule has 0 unspecified atom stereocenters. The molecule has 32 heavy (non-hydrogen) atoms. The summed E-state index contributed by atoms with van der Waals surface area (Å²) in [7, 11) is 0. The zero-order valence-corrected chi connectivity index (χ0v) is 18.5. The average Bonchev–Trinajstić information content (AvgIpc) is 2.85. The molecule has 1 aromatic carbocycles. The van der Waals surface area contributed by atoms with E-state index in [-0.39, 0.29) is 17.9 Å². The van der Waals surface area contributed by atoms with Crippen LogP contribution in [0.4, 0.5) is 10.5 Å². The van der Waals surface area contributed by atoms with Crippen molar-refractivity contribution in [3.05, 3.63) is 54.4 Å². The van der Waals surface area contributed by atoms with E-state index in [9.17, 15) is 9.59 Å². The molecule has 0 atom stereocenters. The standard InChI is InChI=1S/C25H32N4O3/c30-24(20-6-2-1-3-7-20)27-22-9-11-23(12-10-22)32-25(31)29-18-16-28(17-19-29)15-13-21-8-4-5-14-26-21/h4-5,8-12,14,20H,1-3,6-7,13,15-19H2,(H,27,30). The zero-order valence-electron chi connectivity index (χ0n) is 18.5. The highest BCUT2D eigenvalue weighted by atomic mass is 16.6. The van der Waals surface area contributed by atoms with E-state index in [0.717, 1.165) is 63.1 Å². The summed E-state index contributed by atoms with van der Waals surface area (Å²) in [5, 5.41) is 2.98. The highest BCUT2D eigenvalue weighted by Gasteiger charge is 2.23. The molecule has 1 saturated carbocycles. The Morgan fingerprint density at radius 1 is 0.969 bits per heavy atom. The van der Waals surface area contributed by atoms with Crippen molar-refractivity contribution in [1.82, 2.24) is 14.8 Å². The van der Waals surface area contributed by atoms with Crippen LogP contribution in [0, 0.1) is 5.92 Å². The van der Waals surface area contributed by atoms with Crippen LogP contribution in [0.1, 0.15) is 37.8 Å². The number of nitrogens with zero attached hydrogens (tertiary/aromatic N) is 3. The van der Waals surface area contributed by atoms with Gasteiger partial charge in [-0.25, -0.2) is 4.79 Å². The smallest absolute Gasteiger partial charge is 0.410 e. The molecular formula is C25H32N4O3. The molecule has 2 heterocycles. The Morgan fingerprint density at radius 2 is 1.72 bits per heavy atom. The molecule has 2 aliphatic rings. The minimum absolute atomic E-state index is 0.0929. The lowest BCUT2D eigenvalue weighted by Crippen LogP contribution is -2.49. The summed E-state index contributed by atoms with van der Waals surface area (Å²) in [5.41, 5.74) is 1.83. The van der Waals surface area contributed by atoms with E-state index in [1.54, 1.807) is 29.2 Å². The molecule has 0 spiro atoms.